The predicted molar refractivity (Wildman–Crippen MR) is 200 cm³/mol. The van der Waals surface area contributed by atoms with Gasteiger partial charge < -0.3 is 4.57 Å². The number of rotatable bonds is 9. The van der Waals surface area contributed by atoms with E-state index < -0.39 is 0 Å². The van der Waals surface area contributed by atoms with Crippen LogP contribution in [0.2, 0.25) is 0 Å². The highest BCUT2D eigenvalue weighted by atomic mass is 15.3. The van der Waals surface area contributed by atoms with Gasteiger partial charge in [-0.2, -0.15) is 10.2 Å². The van der Waals surface area contributed by atoms with E-state index in [-0.39, 0.29) is 0 Å². The van der Waals surface area contributed by atoms with Gasteiger partial charge in [0.2, 0.25) is 0 Å². The van der Waals surface area contributed by atoms with Crippen LogP contribution >= 0.6 is 0 Å². The number of unbranched alkanes of at least 4 members (excludes halogenated alkanes) is 3. The summed E-state index contributed by atoms with van der Waals surface area (Å²) >= 11 is 0. The van der Waals surface area contributed by atoms with Crippen LogP contribution < -0.4 is 0 Å². The summed E-state index contributed by atoms with van der Waals surface area (Å²) in [5.74, 6) is 0. The minimum absolute atomic E-state index is 1.08. The van der Waals surface area contributed by atoms with Gasteiger partial charge in [0.25, 0.3) is 0 Å². The first-order chi connectivity index (χ1) is 23.5. The summed E-state index contributed by atoms with van der Waals surface area (Å²) < 4.78 is 6.62. The molecular formula is C43H41N5. The number of hydrogen-bond acceptors (Lipinski definition) is 2. The first kappa shape index (κ1) is 29.9. The number of benzene rings is 5. The predicted octanol–water partition coefficient (Wildman–Crippen LogP) is 11.0. The number of aromatic nitrogens is 5. The molecule has 0 aliphatic rings. The van der Waals surface area contributed by atoms with E-state index in [1.807, 2.05) is 12.4 Å². The maximum Gasteiger partial charge on any atom is 0.0753 e. The molecule has 5 aromatic carbocycles. The van der Waals surface area contributed by atoms with Gasteiger partial charge in [0.05, 0.1) is 46.0 Å². The highest BCUT2D eigenvalue weighted by molar-refractivity contribution is 5.89. The van der Waals surface area contributed by atoms with E-state index in [0.717, 1.165) is 45.5 Å². The van der Waals surface area contributed by atoms with Crippen LogP contribution in [0.15, 0.2) is 116 Å². The van der Waals surface area contributed by atoms with E-state index in [9.17, 15) is 0 Å². The van der Waals surface area contributed by atoms with Gasteiger partial charge in [0.15, 0.2) is 0 Å². The minimum Gasteiger partial charge on any atom is -0.316 e. The summed E-state index contributed by atoms with van der Waals surface area (Å²) in [6, 6.07) is 34.9. The van der Waals surface area contributed by atoms with Gasteiger partial charge in [0, 0.05) is 22.5 Å². The number of hydrogen-bond donors (Lipinski definition) is 0. The van der Waals surface area contributed by atoms with Crippen molar-refractivity contribution in [2.75, 3.05) is 0 Å². The average molecular weight is 628 g/mol. The Morgan fingerprint density at radius 2 is 1.17 bits per heavy atom. The Bertz CT molecular complexity index is 2420. The summed E-state index contributed by atoms with van der Waals surface area (Å²) in [5.41, 5.74) is 14.0. The molecule has 8 rings (SSSR count). The van der Waals surface area contributed by atoms with Crippen LogP contribution in [0.3, 0.4) is 0 Å². The lowest BCUT2D eigenvalue weighted by molar-refractivity contribution is 0.667. The lowest BCUT2D eigenvalue weighted by Crippen LogP contribution is -2.13. The maximum atomic E-state index is 5.06. The van der Waals surface area contributed by atoms with Crippen LogP contribution in [0, 0.1) is 20.8 Å². The number of nitrogens with zero attached hydrogens (tertiary/aromatic N) is 5. The van der Waals surface area contributed by atoms with Crippen molar-refractivity contribution in [3.05, 3.63) is 138 Å². The molecule has 0 fully saturated rings. The van der Waals surface area contributed by atoms with Gasteiger partial charge in [-0.05, 0) is 103 Å². The largest absolute Gasteiger partial charge is 0.316 e. The fourth-order valence-corrected chi connectivity index (χ4v) is 7.65. The third-order valence-electron chi connectivity index (χ3n) is 10.0. The van der Waals surface area contributed by atoms with Crippen molar-refractivity contribution in [3.63, 3.8) is 0 Å². The van der Waals surface area contributed by atoms with Crippen molar-refractivity contribution >= 4 is 32.7 Å². The molecule has 5 heteroatoms. The smallest absolute Gasteiger partial charge is 0.0753 e. The van der Waals surface area contributed by atoms with Gasteiger partial charge in [-0.1, -0.05) is 86.8 Å². The molecule has 0 spiro atoms. The Hall–Kier alpha value is -5.42. The summed E-state index contributed by atoms with van der Waals surface area (Å²) in [5, 5.41) is 13.6. The first-order valence-electron chi connectivity index (χ1n) is 17.2. The highest BCUT2D eigenvalue weighted by Gasteiger charge is 2.24. The van der Waals surface area contributed by atoms with Gasteiger partial charge >= 0.3 is 0 Å². The van der Waals surface area contributed by atoms with Gasteiger partial charge in [-0.3, -0.25) is 0 Å². The van der Waals surface area contributed by atoms with Gasteiger partial charge in [-0.15, -0.1) is 0 Å². The SMILES string of the molecule is CCCCCCc1ccc2c(cnn2-c2c(C)c(-n3ccc4ccccc43)c(C)c(-n3ncc4cc(-c5ccccc5)ccc43)c2C)c1. The fourth-order valence-electron chi connectivity index (χ4n) is 7.65. The Morgan fingerprint density at radius 3 is 1.90 bits per heavy atom. The zero-order valence-corrected chi connectivity index (χ0v) is 28.2. The standard InChI is InChI=1S/C43H41N5/c1-5-6-7-9-14-32-19-21-39-36(25-32)27-44-47(39)42-29(2)41(46-24-23-34-17-12-13-18-38(34)46)30(3)43(31(42)4)48-40-22-20-35(26-37(40)28-45-48)33-15-10-8-11-16-33/h8,10-13,15-28H,5-7,9,14H2,1-4H3. The highest BCUT2D eigenvalue weighted by Crippen LogP contribution is 2.39. The number of para-hydroxylation sites is 1. The molecule has 0 saturated carbocycles. The summed E-state index contributed by atoms with van der Waals surface area (Å²) in [4.78, 5) is 0. The van der Waals surface area contributed by atoms with Crippen LogP contribution in [-0.4, -0.2) is 24.1 Å². The van der Waals surface area contributed by atoms with Crippen LogP contribution in [0.4, 0.5) is 0 Å². The van der Waals surface area contributed by atoms with Crippen molar-refractivity contribution in [3.8, 4) is 28.2 Å². The minimum atomic E-state index is 1.08. The van der Waals surface area contributed by atoms with E-state index in [0.29, 0.717) is 0 Å². The quantitative estimate of drug-likeness (QED) is 0.149. The molecule has 8 aromatic rings. The second kappa shape index (κ2) is 12.3. The van der Waals surface area contributed by atoms with E-state index in [1.165, 1.54) is 69.8 Å². The molecule has 0 atom stereocenters. The Kier molecular flexibility index (Phi) is 7.68. The molecule has 0 amide bonds. The van der Waals surface area contributed by atoms with Crippen LogP contribution in [0.5, 0.6) is 0 Å². The average Bonchev–Trinajstić information content (AvgIpc) is 3.85. The fraction of sp³-hybridized carbons (Fsp3) is 0.209. The Balaban J connectivity index is 1.34. The van der Waals surface area contributed by atoms with Crippen LogP contribution in [-0.2, 0) is 6.42 Å². The molecule has 3 heterocycles. The molecule has 0 radical (unpaired) electrons. The lowest BCUT2D eigenvalue weighted by atomic mass is 9.97. The summed E-state index contributed by atoms with van der Waals surface area (Å²) in [6.07, 6.45) is 12.4. The maximum absolute atomic E-state index is 5.06. The third-order valence-corrected chi connectivity index (χ3v) is 10.0. The van der Waals surface area contributed by atoms with E-state index in [1.54, 1.807) is 0 Å². The van der Waals surface area contributed by atoms with Crippen molar-refractivity contribution < 1.29 is 0 Å². The molecule has 0 unspecified atom stereocenters. The van der Waals surface area contributed by atoms with E-state index in [2.05, 4.69) is 145 Å². The normalized spacial score (nSPS) is 11.8. The van der Waals surface area contributed by atoms with Gasteiger partial charge in [-0.25, -0.2) is 9.36 Å². The first-order valence-corrected chi connectivity index (χ1v) is 17.2. The van der Waals surface area contributed by atoms with Crippen molar-refractivity contribution in [1.82, 2.24) is 24.1 Å². The van der Waals surface area contributed by atoms with Crippen LogP contribution in [0.1, 0.15) is 54.9 Å². The molecule has 0 saturated heterocycles. The lowest BCUT2D eigenvalue weighted by Gasteiger charge is -2.24. The topological polar surface area (TPSA) is 40.6 Å². The molecule has 0 aliphatic heterocycles. The molecule has 0 bridgehead atoms. The van der Waals surface area contributed by atoms with Crippen molar-refractivity contribution in [2.45, 2.75) is 59.8 Å². The van der Waals surface area contributed by atoms with Gasteiger partial charge in [0.1, 0.15) is 0 Å². The summed E-state index contributed by atoms with van der Waals surface area (Å²) in [6.45, 7) is 8.97. The number of fused-ring (bicyclic) bond motifs is 3. The second-order valence-corrected chi connectivity index (χ2v) is 13.1. The molecule has 48 heavy (non-hydrogen) atoms. The third kappa shape index (κ3) is 5.02. The zero-order valence-electron chi connectivity index (χ0n) is 28.2. The monoisotopic (exact) mass is 627 g/mol. The van der Waals surface area contributed by atoms with E-state index >= 15 is 0 Å². The molecular weight excluding hydrogens is 587 g/mol. The Morgan fingerprint density at radius 1 is 0.521 bits per heavy atom. The molecule has 0 N–H and O–H groups in total. The van der Waals surface area contributed by atoms with Crippen molar-refractivity contribution in [1.29, 1.82) is 0 Å². The second-order valence-electron chi connectivity index (χ2n) is 13.1. The molecule has 5 nitrogen and oxygen atoms in total. The molecule has 238 valence electrons. The summed E-state index contributed by atoms with van der Waals surface area (Å²) in [7, 11) is 0. The van der Waals surface area contributed by atoms with Crippen molar-refractivity contribution in [2.24, 2.45) is 0 Å². The number of aryl methyl sites for hydroxylation is 1. The Labute approximate surface area is 282 Å². The molecule has 3 aromatic heterocycles. The zero-order chi connectivity index (χ0) is 32.8. The van der Waals surface area contributed by atoms with Crippen LogP contribution in [0.25, 0.3) is 60.9 Å². The molecule has 0 aliphatic carbocycles. The van der Waals surface area contributed by atoms with E-state index in [4.69, 9.17) is 10.2 Å².